The molecule has 1 aromatic heterocycles. The molecule has 0 saturated carbocycles. The van der Waals surface area contributed by atoms with E-state index in [0.29, 0.717) is 5.69 Å². The lowest BCUT2D eigenvalue weighted by Gasteiger charge is -2.17. The van der Waals surface area contributed by atoms with Gasteiger partial charge in [-0.25, -0.2) is 0 Å². The standard InChI is InChI=1S/C11H17F3N2/c1-3-6-15-9(2)10-5-4-7-16(10)8-11(12,13)14/h4-5,7,9,15H,3,6,8H2,1-2H3. The number of halogens is 3. The minimum absolute atomic E-state index is 0.0581. The highest BCUT2D eigenvalue weighted by Crippen LogP contribution is 2.21. The molecule has 0 fully saturated rings. The van der Waals surface area contributed by atoms with Gasteiger partial charge in [-0.1, -0.05) is 6.92 Å². The molecule has 1 N–H and O–H groups in total. The fourth-order valence-corrected chi connectivity index (χ4v) is 1.62. The average Bonchev–Trinajstić information content (AvgIpc) is 2.59. The lowest BCUT2D eigenvalue weighted by Crippen LogP contribution is -2.25. The van der Waals surface area contributed by atoms with Crippen molar-refractivity contribution in [3.63, 3.8) is 0 Å². The first-order valence-electron chi connectivity index (χ1n) is 5.39. The van der Waals surface area contributed by atoms with Crippen LogP contribution in [0.4, 0.5) is 13.2 Å². The minimum Gasteiger partial charge on any atom is -0.341 e. The molecule has 2 nitrogen and oxygen atoms in total. The summed E-state index contributed by atoms with van der Waals surface area (Å²) in [5.74, 6) is 0. The van der Waals surface area contributed by atoms with Crippen LogP contribution in [-0.4, -0.2) is 17.3 Å². The third kappa shape index (κ3) is 3.89. The first-order chi connectivity index (χ1) is 7.44. The smallest absolute Gasteiger partial charge is 0.341 e. The second kappa shape index (κ2) is 5.39. The number of aromatic nitrogens is 1. The Labute approximate surface area is 93.5 Å². The first-order valence-corrected chi connectivity index (χ1v) is 5.39. The molecular weight excluding hydrogens is 217 g/mol. The molecule has 92 valence electrons. The zero-order valence-corrected chi connectivity index (χ0v) is 9.51. The van der Waals surface area contributed by atoms with Crippen LogP contribution in [0.5, 0.6) is 0 Å². The van der Waals surface area contributed by atoms with Gasteiger partial charge in [-0.05, 0) is 32.0 Å². The molecule has 16 heavy (non-hydrogen) atoms. The van der Waals surface area contributed by atoms with Gasteiger partial charge < -0.3 is 9.88 Å². The molecule has 1 aromatic rings. The Kier molecular flexibility index (Phi) is 4.41. The van der Waals surface area contributed by atoms with Crippen LogP contribution < -0.4 is 5.32 Å². The molecule has 0 spiro atoms. The van der Waals surface area contributed by atoms with Crippen LogP contribution in [0.3, 0.4) is 0 Å². The van der Waals surface area contributed by atoms with E-state index in [1.165, 1.54) is 10.8 Å². The van der Waals surface area contributed by atoms with Crippen molar-refractivity contribution in [2.24, 2.45) is 0 Å². The normalized spacial score (nSPS) is 14.1. The van der Waals surface area contributed by atoms with Crippen LogP contribution in [0.2, 0.25) is 0 Å². The number of nitrogens with zero attached hydrogens (tertiary/aromatic N) is 1. The second-order valence-electron chi connectivity index (χ2n) is 3.85. The molecule has 0 aliphatic heterocycles. The van der Waals surface area contributed by atoms with Crippen LogP contribution in [0, 0.1) is 0 Å². The van der Waals surface area contributed by atoms with Crippen molar-refractivity contribution in [1.29, 1.82) is 0 Å². The minimum atomic E-state index is -4.17. The van der Waals surface area contributed by atoms with Gasteiger partial charge in [0.15, 0.2) is 0 Å². The molecule has 1 atom stereocenters. The maximum atomic E-state index is 12.3. The Morgan fingerprint density at radius 1 is 1.44 bits per heavy atom. The van der Waals surface area contributed by atoms with Gasteiger partial charge in [0, 0.05) is 17.9 Å². The molecule has 0 aliphatic carbocycles. The lowest BCUT2D eigenvalue weighted by atomic mass is 10.2. The van der Waals surface area contributed by atoms with Gasteiger partial charge in [0.1, 0.15) is 6.54 Å². The van der Waals surface area contributed by atoms with E-state index in [9.17, 15) is 13.2 Å². The Morgan fingerprint density at radius 2 is 2.12 bits per heavy atom. The van der Waals surface area contributed by atoms with Crippen molar-refractivity contribution < 1.29 is 13.2 Å². The molecule has 0 aliphatic rings. The van der Waals surface area contributed by atoms with Gasteiger partial charge in [0.05, 0.1) is 0 Å². The fraction of sp³-hybridized carbons (Fsp3) is 0.636. The molecule has 5 heteroatoms. The molecule has 0 aromatic carbocycles. The predicted molar refractivity (Wildman–Crippen MR) is 57.2 cm³/mol. The van der Waals surface area contributed by atoms with E-state index in [4.69, 9.17) is 0 Å². The van der Waals surface area contributed by atoms with E-state index in [-0.39, 0.29) is 6.04 Å². The zero-order valence-electron chi connectivity index (χ0n) is 9.51. The summed E-state index contributed by atoms with van der Waals surface area (Å²) in [4.78, 5) is 0. The van der Waals surface area contributed by atoms with E-state index in [1.54, 1.807) is 12.1 Å². The lowest BCUT2D eigenvalue weighted by molar-refractivity contribution is -0.141. The first kappa shape index (κ1) is 13.1. The monoisotopic (exact) mass is 234 g/mol. The third-order valence-corrected chi connectivity index (χ3v) is 2.36. The maximum absolute atomic E-state index is 12.3. The summed E-state index contributed by atoms with van der Waals surface area (Å²) in [7, 11) is 0. The van der Waals surface area contributed by atoms with Gasteiger partial charge in [0.2, 0.25) is 0 Å². The van der Waals surface area contributed by atoms with Crippen LogP contribution in [0.15, 0.2) is 18.3 Å². The highest BCUT2D eigenvalue weighted by atomic mass is 19.4. The van der Waals surface area contributed by atoms with Crippen LogP contribution in [-0.2, 0) is 6.54 Å². The van der Waals surface area contributed by atoms with E-state index < -0.39 is 12.7 Å². The molecule has 0 bridgehead atoms. The van der Waals surface area contributed by atoms with Crippen LogP contribution >= 0.6 is 0 Å². The molecule has 0 amide bonds. The summed E-state index contributed by atoms with van der Waals surface area (Å²) < 4.78 is 38.1. The average molecular weight is 234 g/mol. The number of rotatable bonds is 5. The molecule has 0 radical (unpaired) electrons. The van der Waals surface area contributed by atoms with Crippen LogP contribution in [0.1, 0.15) is 32.0 Å². The van der Waals surface area contributed by atoms with Crippen molar-refractivity contribution >= 4 is 0 Å². The summed E-state index contributed by atoms with van der Waals surface area (Å²) in [5, 5.41) is 3.17. The molecular formula is C11H17F3N2. The Bertz CT molecular complexity index is 317. The molecule has 1 rings (SSSR count). The van der Waals surface area contributed by atoms with Crippen molar-refractivity contribution in [1.82, 2.24) is 9.88 Å². The number of hydrogen-bond acceptors (Lipinski definition) is 1. The second-order valence-corrected chi connectivity index (χ2v) is 3.85. The number of alkyl halides is 3. The van der Waals surface area contributed by atoms with Gasteiger partial charge >= 0.3 is 6.18 Å². The van der Waals surface area contributed by atoms with Crippen LogP contribution in [0.25, 0.3) is 0 Å². The number of nitrogens with one attached hydrogen (secondary N) is 1. The summed E-state index contributed by atoms with van der Waals surface area (Å²) in [6, 6.07) is 3.31. The SMILES string of the molecule is CCCNC(C)c1cccn1CC(F)(F)F. The molecule has 0 saturated heterocycles. The van der Waals surface area contributed by atoms with Crippen molar-refractivity contribution in [3.8, 4) is 0 Å². The quantitative estimate of drug-likeness (QED) is 0.828. The van der Waals surface area contributed by atoms with Crippen molar-refractivity contribution in [2.75, 3.05) is 6.54 Å². The predicted octanol–water partition coefficient (Wildman–Crippen LogP) is 3.11. The van der Waals surface area contributed by atoms with E-state index in [2.05, 4.69) is 5.32 Å². The number of hydrogen-bond donors (Lipinski definition) is 1. The highest BCUT2D eigenvalue weighted by Gasteiger charge is 2.28. The van der Waals surface area contributed by atoms with Crippen molar-refractivity contribution in [3.05, 3.63) is 24.0 Å². The van der Waals surface area contributed by atoms with Gasteiger partial charge in [0.25, 0.3) is 0 Å². The Morgan fingerprint density at radius 3 is 2.69 bits per heavy atom. The highest BCUT2D eigenvalue weighted by molar-refractivity contribution is 5.11. The van der Waals surface area contributed by atoms with E-state index in [0.717, 1.165) is 13.0 Å². The summed E-state index contributed by atoms with van der Waals surface area (Å²) in [5.41, 5.74) is 0.672. The molecule has 1 heterocycles. The van der Waals surface area contributed by atoms with Gasteiger partial charge in [-0.3, -0.25) is 0 Å². The summed E-state index contributed by atoms with van der Waals surface area (Å²) in [6.07, 6.45) is -1.74. The van der Waals surface area contributed by atoms with Crippen molar-refractivity contribution in [2.45, 2.75) is 39.0 Å². The zero-order chi connectivity index (χ0) is 12.2. The van der Waals surface area contributed by atoms with Gasteiger partial charge in [-0.2, -0.15) is 13.2 Å². The van der Waals surface area contributed by atoms with Gasteiger partial charge in [-0.15, -0.1) is 0 Å². The molecule has 1 unspecified atom stereocenters. The summed E-state index contributed by atoms with van der Waals surface area (Å²) >= 11 is 0. The van der Waals surface area contributed by atoms with E-state index in [1.807, 2.05) is 13.8 Å². The third-order valence-electron chi connectivity index (χ3n) is 2.36. The Balaban J connectivity index is 2.69. The van der Waals surface area contributed by atoms with E-state index >= 15 is 0 Å². The topological polar surface area (TPSA) is 17.0 Å². The summed E-state index contributed by atoms with van der Waals surface area (Å²) in [6.45, 7) is 3.78. The maximum Gasteiger partial charge on any atom is 0.406 e. The fourth-order valence-electron chi connectivity index (χ4n) is 1.62. The largest absolute Gasteiger partial charge is 0.406 e. The Hall–Kier alpha value is -0.970.